The first kappa shape index (κ1) is 23.0. The van der Waals surface area contributed by atoms with Crippen molar-refractivity contribution < 1.29 is 13.2 Å². The molecule has 1 saturated heterocycles. The van der Waals surface area contributed by atoms with Gasteiger partial charge in [-0.25, -0.2) is 8.42 Å². The first-order valence-electron chi connectivity index (χ1n) is 9.70. The normalized spacial score (nSPS) is 15.9. The van der Waals surface area contributed by atoms with Crippen molar-refractivity contribution in [1.29, 1.82) is 0 Å². The summed E-state index contributed by atoms with van der Waals surface area (Å²) in [5.41, 5.74) is 1.94. The standard InChI is InChI=1S/C21H25Cl2N3O3S/c1-15-3-7-18(14-20(15)30(28,29)26-11-9-25(2)10-12-26)24-21(27)8-5-16-4-6-17(22)13-19(16)23/h3-4,6-7,13-14H,5,8-12H2,1-2H3,(H,24,27). The number of anilines is 1. The minimum Gasteiger partial charge on any atom is -0.326 e. The summed E-state index contributed by atoms with van der Waals surface area (Å²) < 4.78 is 27.7. The molecule has 0 aromatic heterocycles. The SMILES string of the molecule is Cc1ccc(NC(=O)CCc2ccc(Cl)cc2Cl)cc1S(=O)(=O)N1CCN(C)CC1. The van der Waals surface area contributed by atoms with Crippen LogP contribution in [-0.2, 0) is 21.2 Å². The monoisotopic (exact) mass is 469 g/mol. The van der Waals surface area contributed by atoms with E-state index in [0.29, 0.717) is 53.9 Å². The zero-order valence-corrected chi connectivity index (χ0v) is 19.3. The molecule has 2 aromatic rings. The Bertz CT molecular complexity index is 1040. The average molecular weight is 470 g/mol. The van der Waals surface area contributed by atoms with Gasteiger partial charge in [0.25, 0.3) is 0 Å². The van der Waals surface area contributed by atoms with Crippen LogP contribution in [0.15, 0.2) is 41.3 Å². The number of benzene rings is 2. The molecule has 1 aliphatic rings. The molecule has 1 aliphatic heterocycles. The molecule has 30 heavy (non-hydrogen) atoms. The molecule has 0 bridgehead atoms. The number of piperazine rings is 1. The lowest BCUT2D eigenvalue weighted by Gasteiger charge is -2.32. The lowest BCUT2D eigenvalue weighted by molar-refractivity contribution is -0.116. The Kier molecular flexibility index (Phi) is 7.42. The molecule has 3 rings (SSSR count). The van der Waals surface area contributed by atoms with Gasteiger partial charge in [0.1, 0.15) is 0 Å². The second kappa shape index (κ2) is 9.66. The Labute approximate surface area is 187 Å². The van der Waals surface area contributed by atoms with Gasteiger partial charge >= 0.3 is 0 Å². The fourth-order valence-electron chi connectivity index (χ4n) is 3.32. The van der Waals surface area contributed by atoms with Crippen LogP contribution < -0.4 is 5.32 Å². The van der Waals surface area contributed by atoms with E-state index >= 15 is 0 Å². The Balaban J connectivity index is 1.69. The third kappa shape index (κ3) is 5.53. The minimum atomic E-state index is -3.61. The van der Waals surface area contributed by atoms with Gasteiger partial charge < -0.3 is 10.2 Å². The lowest BCUT2D eigenvalue weighted by atomic mass is 10.1. The number of nitrogens with one attached hydrogen (secondary N) is 1. The smallest absolute Gasteiger partial charge is 0.243 e. The maximum atomic E-state index is 13.1. The third-order valence-electron chi connectivity index (χ3n) is 5.19. The molecule has 162 valence electrons. The molecule has 0 saturated carbocycles. The van der Waals surface area contributed by atoms with Gasteiger partial charge in [0.05, 0.1) is 4.90 Å². The highest BCUT2D eigenvalue weighted by Gasteiger charge is 2.29. The number of halogens is 2. The number of hydrogen-bond acceptors (Lipinski definition) is 4. The maximum absolute atomic E-state index is 13.1. The van der Waals surface area contributed by atoms with E-state index in [0.717, 1.165) is 5.56 Å². The van der Waals surface area contributed by atoms with Crippen LogP contribution in [0.4, 0.5) is 5.69 Å². The minimum absolute atomic E-state index is 0.215. The van der Waals surface area contributed by atoms with Crippen LogP contribution in [0.5, 0.6) is 0 Å². The summed E-state index contributed by atoms with van der Waals surface area (Å²) in [6.07, 6.45) is 0.677. The van der Waals surface area contributed by atoms with Crippen LogP contribution in [0, 0.1) is 6.92 Å². The Morgan fingerprint density at radius 3 is 2.43 bits per heavy atom. The predicted octanol–water partition coefficient (Wildman–Crippen LogP) is 3.81. The number of carbonyl (C=O) groups excluding carboxylic acids is 1. The fraction of sp³-hybridized carbons (Fsp3) is 0.381. The van der Waals surface area contributed by atoms with Crippen molar-refractivity contribution >= 4 is 44.8 Å². The number of hydrogen-bond donors (Lipinski definition) is 1. The van der Waals surface area contributed by atoms with Crippen LogP contribution >= 0.6 is 23.2 Å². The summed E-state index contributed by atoms with van der Waals surface area (Å²) >= 11 is 12.0. The molecular formula is C21H25Cl2N3O3S. The van der Waals surface area contributed by atoms with Crippen LogP contribution in [0.2, 0.25) is 10.0 Å². The van der Waals surface area contributed by atoms with E-state index in [9.17, 15) is 13.2 Å². The van der Waals surface area contributed by atoms with Gasteiger partial charge in [0.15, 0.2) is 0 Å². The van der Waals surface area contributed by atoms with E-state index in [1.807, 2.05) is 7.05 Å². The second-order valence-corrected chi connectivity index (χ2v) is 10.2. The highest BCUT2D eigenvalue weighted by atomic mass is 35.5. The molecule has 1 fully saturated rings. The number of likely N-dealkylation sites (N-methyl/N-ethyl adjacent to an activating group) is 1. The van der Waals surface area contributed by atoms with Crippen molar-refractivity contribution in [1.82, 2.24) is 9.21 Å². The quantitative estimate of drug-likeness (QED) is 0.697. The van der Waals surface area contributed by atoms with Crippen molar-refractivity contribution in [2.24, 2.45) is 0 Å². The molecule has 0 unspecified atom stereocenters. The van der Waals surface area contributed by atoms with Gasteiger partial charge in [0.2, 0.25) is 15.9 Å². The van der Waals surface area contributed by atoms with Crippen molar-refractivity contribution in [2.45, 2.75) is 24.7 Å². The summed E-state index contributed by atoms with van der Waals surface area (Å²) in [5, 5.41) is 3.86. The number of sulfonamides is 1. The van der Waals surface area contributed by atoms with Crippen molar-refractivity contribution in [3.8, 4) is 0 Å². The summed E-state index contributed by atoms with van der Waals surface area (Å²) in [7, 11) is -1.64. The Morgan fingerprint density at radius 1 is 1.07 bits per heavy atom. The molecule has 0 spiro atoms. The molecule has 2 aromatic carbocycles. The number of carbonyl (C=O) groups is 1. The van der Waals surface area contributed by atoms with Crippen molar-refractivity contribution in [3.63, 3.8) is 0 Å². The molecule has 0 aliphatic carbocycles. The zero-order valence-electron chi connectivity index (χ0n) is 17.0. The number of nitrogens with zero attached hydrogens (tertiary/aromatic N) is 2. The first-order valence-corrected chi connectivity index (χ1v) is 11.9. The molecular weight excluding hydrogens is 445 g/mol. The summed E-state index contributed by atoms with van der Waals surface area (Å²) in [5.74, 6) is -0.215. The second-order valence-electron chi connectivity index (χ2n) is 7.47. The first-order chi connectivity index (χ1) is 14.2. The van der Waals surface area contributed by atoms with Gasteiger partial charge in [-0.05, 0) is 55.8 Å². The Morgan fingerprint density at radius 2 is 1.77 bits per heavy atom. The largest absolute Gasteiger partial charge is 0.326 e. The highest BCUT2D eigenvalue weighted by Crippen LogP contribution is 2.25. The van der Waals surface area contributed by atoms with Crippen LogP contribution in [-0.4, -0.2) is 56.8 Å². The predicted molar refractivity (Wildman–Crippen MR) is 121 cm³/mol. The third-order valence-corrected chi connectivity index (χ3v) is 7.82. The van der Waals surface area contributed by atoms with E-state index < -0.39 is 10.0 Å². The molecule has 6 nitrogen and oxygen atoms in total. The fourth-order valence-corrected chi connectivity index (χ4v) is 5.50. The topological polar surface area (TPSA) is 69.7 Å². The van der Waals surface area contributed by atoms with Gasteiger partial charge in [-0.1, -0.05) is 35.3 Å². The van der Waals surface area contributed by atoms with E-state index in [1.54, 1.807) is 37.3 Å². The summed E-state index contributed by atoms with van der Waals surface area (Å²) in [6.45, 7) is 4.06. The molecule has 0 radical (unpaired) electrons. The highest BCUT2D eigenvalue weighted by molar-refractivity contribution is 7.89. The van der Waals surface area contributed by atoms with Crippen LogP contribution in [0.25, 0.3) is 0 Å². The number of rotatable bonds is 6. The number of amides is 1. The van der Waals surface area contributed by atoms with E-state index in [4.69, 9.17) is 23.2 Å². The van der Waals surface area contributed by atoms with Gasteiger partial charge in [-0.2, -0.15) is 4.31 Å². The van der Waals surface area contributed by atoms with Crippen molar-refractivity contribution in [3.05, 3.63) is 57.6 Å². The lowest BCUT2D eigenvalue weighted by Crippen LogP contribution is -2.47. The average Bonchev–Trinajstić information content (AvgIpc) is 2.69. The molecule has 1 amide bonds. The van der Waals surface area contributed by atoms with E-state index in [2.05, 4.69) is 10.2 Å². The summed E-state index contributed by atoms with van der Waals surface area (Å²) in [6, 6.07) is 10.1. The van der Waals surface area contributed by atoms with E-state index in [-0.39, 0.29) is 17.2 Å². The maximum Gasteiger partial charge on any atom is 0.243 e. The van der Waals surface area contributed by atoms with Crippen molar-refractivity contribution in [2.75, 3.05) is 38.5 Å². The van der Waals surface area contributed by atoms with Gasteiger partial charge in [-0.15, -0.1) is 0 Å². The molecule has 0 atom stereocenters. The van der Waals surface area contributed by atoms with Gasteiger partial charge in [0, 0.05) is 48.3 Å². The summed E-state index contributed by atoms with van der Waals surface area (Å²) in [4.78, 5) is 14.7. The molecule has 1 N–H and O–H groups in total. The molecule has 1 heterocycles. The molecule has 9 heteroatoms. The van der Waals surface area contributed by atoms with Crippen LogP contribution in [0.1, 0.15) is 17.5 Å². The zero-order chi connectivity index (χ0) is 21.9. The van der Waals surface area contributed by atoms with E-state index in [1.165, 1.54) is 10.4 Å². The van der Waals surface area contributed by atoms with Crippen LogP contribution in [0.3, 0.4) is 0 Å². The Hall–Kier alpha value is -1.64. The van der Waals surface area contributed by atoms with Gasteiger partial charge in [-0.3, -0.25) is 4.79 Å². The number of aryl methyl sites for hydroxylation is 2.